The van der Waals surface area contributed by atoms with Crippen molar-refractivity contribution < 1.29 is 9.53 Å². The first-order valence-corrected chi connectivity index (χ1v) is 7.04. The molecule has 1 aliphatic heterocycles. The van der Waals surface area contributed by atoms with Crippen molar-refractivity contribution in [2.45, 2.75) is 52.2 Å². The fraction of sp³-hybridized carbons (Fsp3) is 0.600. The summed E-state index contributed by atoms with van der Waals surface area (Å²) in [6, 6.07) is 0. The van der Waals surface area contributed by atoms with Gasteiger partial charge in [-0.2, -0.15) is 0 Å². The molecule has 0 saturated carbocycles. The lowest BCUT2D eigenvalue weighted by atomic mass is 9.95. The van der Waals surface area contributed by atoms with Crippen molar-refractivity contribution in [2.24, 2.45) is 0 Å². The minimum Gasteiger partial charge on any atom is -0.365 e. The van der Waals surface area contributed by atoms with Gasteiger partial charge in [-0.05, 0) is 40.0 Å². The molecule has 0 aliphatic carbocycles. The van der Waals surface area contributed by atoms with Gasteiger partial charge in [0.2, 0.25) is 0 Å². The van der Waals surface area contributed by atoms with Crippen molar-refractivity contribution in [1.82, 2.24) is 10.3 Å². The van der Waals surface area contributed by atoms with Gasteiger partial charge in [0.05, 0.1) is 6.54 Å². The highest BCUT2D eigenvalue weighted by Gasteiger charge is 2.35. The largest absolute Gasteiger partial charge is 0.365 e. The lowest BCUT2D eigenvalue weighted by Gasteiger charge is -2.32. The number of amides is 1. The topological polar surface area (TPSA) is 71.2 Å². The van der Waals surface area contributed by atoms with E-state index in [1.807, 2.05) is 6.92 Å². The van der Waals surface area contributed by atoms with Crippen molar-refractivity contribution in [1.29, 1.82) is 0 Å². The van der Waals surface area contributed by atoms with E-state index >= 15 is 0 Å². The third-order valence-electron chi connectivity index (χ3n) is 3.99. The SMILES string of the molecule is Cc1c[nH]c(CNC(=O)[C@]2(C)CCCCO2)c(C)c1=O. The molecule has 5 nitrogen and oxygen atoms in total. The van der Waals surface area contributed by atoms with E-state index < -0.39 is 5.60 Å². The third kappa shape index (κ3) is 2.93. The summed E-state index contributed by atoms with van der Waals surface area (Å²) in [4.78, 5) is 27.1. The minimum absolute atomic E-state index is 0.0214. The summed E-state index contributed by atoms with van der Waals surface area (Å²) >= 11 is 0. The molecule has 0 aromatic carbocycles. The molecule has 1 aliphatic rings. The van der Waals surface area contributed by atoms with Gasteiger partial charge >= 0.3 is 0 Å². The Morgan fingerprint density at radius 3 is 2.85 bits per heavy atom. The van der Waals surface area contributed by atoms with Crippen LogP contribution in [0.25, 0.3) is 0 Å². The summed E-state index contributed by atoms with van der Waals surface area (Å²) in [7, 11) is 0. The summed E-state index contributed by atoms with van der Waals surface area (Å²) in [6.45, 7) is 6.31. The second kappa shape index (κ2) is 5.79. The van der Waals surface area contributed by atoms with E-state index in [2.05, 4.69) is 10.3 Å². The zero-order chi connectivity index (χ0) is 14.8. The molecule has 5 heteroatoms. The summed E-state index contributed by atoms with van der Waals surface area (Å²) in [5.41, 5.74) is 1.36. The van der Waals surface area contributed by atoms with E-state index in [9.17, 15) is 9.59 Å². The molecule has 2 N–H and O–H groups in total. The van der Waals surface area contributed by atoms with E-state index in [4.69, 9.17) is 4.74 Å². The van der Waals surface area contributed by atoms with Crippen molar-refractivity contribution in [3.05, 3.63) is 33.2 Å². The number of rotatable bonds is 3. The smallest absolute Gasteiger partial charge is 0.252 e. The number of pyridine rings is 1. The zero-order valence-electron chi connectivity index (χ0n) is 12.3. The summed E-state index contributed by atoms with van der Waals surface area (Å²) in [5, 5.41) is 2.86. The van der Waals surface area contributed by atoms with Gasteiger partial charge in [-0.25, -0.2) is 0 Å². The fourth-order valence-corrected chi connectivity index (χ4v) is 2.45. The average molecular weight is 278 g/mol. The number of aryl methyl sites for hydroxylation is 1. The van der Waals surface area contributed by atoms with Gasteiger partial charge in [0, 0.05) is 29.6 Å². The first kappa shape index (κ1) is 14.8. The van der Waals surface area contributed by atoms with Crippen molar-refractivity contribution in [3.63, 3.8) is 0 Å². The number of carbonyl (C=O) groups excluding carboxylic acids is 1. The molecule has 1 saturated heterocycles. The van der Waals surface area contributed by atoms with Crippen LogP contribution in [-0.4, -0.2) is 23.1 Å². The van der Waals surface area contributed by atoms with Gasteiger partial charge in [-0.3, -0.25) is 9.59 Å². The number of aromatic amines is 1. The van der Waals surface area contributed by atoms with Crippen LogP contribution in [0.3, 0.4) is 0 Å². The number of aromatic nitrogens is 1. The molecule has 1 aromatic rings. The Morgan fingerprint density at radius 1 is 1.45 bits per heavy atom. The standard InChI is InChI=1S/C15H22N2O3/c1-10-8-16-12(11(2)13(10)18)9-17-14(19)15(3)6-4-5-7-20-15/h8H,4-7,9H2,1-3H3,(H,16,18)(H,17,19)/t15-/m0/s1. The quantitative estimate of drug-likeness (QED) is 0.881. The van der Waals surface area contributed by atoms with Crippen LogP contribution < -0.4 is 10.7 Å². The first-order valence-electron chi connectivity index (χ1n) is 7.04. The molecule has 1 atom stereocenters. The highest BCUT2D eigenvalue weighted by molar-refractivity contribution is 5.84. The average Bonchev–Trinajstić information content (AvgIpc) is 2.44. The second-order valence-electron chi connectivity index (χ2n) is 5.62. The van der Waals surface area contributed by atoms with Gasteiger partial charge in [0.15, 0.2) is 5.43 Å². The summed E-state index contributed by atoms with van der Waals surface area (Å²) in [5.74, 6) is -0.113. The van der Waals surface area contributed by atoms with Crippen molar-refractivity contribution in [3.8, 4) is 0 Å². The van der Waals surface area contributed by atoms with Crippen LogP contribution in [0.1, 0.15) is 43.0 Å². The first-order chi connectivity index (χ1) is 9.44. The van der Waals surface area contributed by atoms with Crippen molar-refractivity contribution >= 4 is 5.91 Å². The van der Waals surface area contributed by atoms with Gasteiger partial charge in [-0.15, -0.1) is 0 Å². The van der Waals surface area contributed by atoms with Crippen LogP contribution in [0, 0.1) is 13.8 Å². The van der Waals surface area contributed by atoms with E-state index in [0.29, 0.717) is 24.3 Å². The molecule has 2 rings (SSSR count). The van der Waals surface area contributed by atoms with E-state index in [-0.39, 0.29) is 11.3 Å². The summed E-state index contributed by atoms with van der Waals surface area (Å²) in [6.07, 6.45) is 4.43. The predicted octanol–water partition coefficient (Wildman–Crippen LogP) is 1.57. The van der Waals surface area contributed by atoms with Gasteiger partial charge in [0.1, 0.15) is 5.60 Å². The molecule has 0 bridgehead atoms. The maximum absolute atomic E-state index is 12.2. The maximum atomic E-state index is 12.2. The molecular weight excluding hydrogens is 256 g/mol. The van der Waals surface area contributed by atoms with Gasteiger partial charge in [0.25, 0.3) is 5.91 Å². The third-order valence-corrected chi connectivity index (χ3v) is 3.99. The van der Waals surface area contributed by atoms with Crippen LogP contribution in [-0.2, 0) is 16.1 Å². The Balaban J connectivity index is 2.04. The van der Waals surface area contributed by atoms with Crippen LogP contribution in [0.4, 0.5) is 0 Å². The zero-order valence-corrected chi connectivity index (χ0v) is 12.3. The molecule has 1 aromatic heterocycles. The van der Waals surface area contributed by atoms with E-state index in [1.165, 1.54) is 0 Å². The number of nitrogens with one attached hydrogen (secondary N) is 2. The Labute approximate surface area is 118 Å². The molecule has 0 radical (unpaired) electrons. The molecular formula is C15H22N2O3. The van der Waals surface area contributed by atoms with Crippen LogP contribution in [0.5, 0.6) is 0 Å². The highest BCUT2D eigenvalue weighted by atomic mass is 16.5. The van der Waals surface area contributed by atoms with Gasteiger partial charge in [-0.1, -0.05) is 0 Å². The molecule has 1 fully saturated rings. The summed E-state index contributed by atoms with van der Waals surface area (Å²) < 4.78 is 5.60. The monoisotopic (exact) mass is 278 g/mol. The van der Waals surface area contributed by atoms with E-state index in [1.54, 1.807) is 20.0 Å². The number of carbonyl (C=O) groups is 1. The molecule has 110 valence electrons. The number of hydrogen-bond donors (Lipinski definition) is 2. The Kier molecular flexibility index (Phi) is 4.28. The van der Waals surface area contributed by atoms with Crippen molar-refractivity contribution in [2.75, 3.05) is 6.61 Å². The molecule has 0 spiro atoms. The predicted molar refractivity (Wildman–Crippen MR) is 76.6 cm³/mol. The van der Waals surface area contributed by atoms with Crippen LogP contribution in [0.15, 0.2) is 11.0 Å². The Hall–Kier alpha value is -1.62. The maximum Gasteiger partial charge on any atom is 0.252 e. The van der Waals surface area contributed by atoms with E-state index in [0.717, 1.165) is 25.0 Å². The molecule has 20 heavy (non-hydrogen) atoms. The van der Waals surface area contributed by atoms with Gasteiger partial charge < -0.3 is 15.0 Å². The Morgan fingerprint density at radius 2 is 2.20 bits per heavy atom. The highest BCUT2D eigenvalue weighted by Crippen LogP contribution is 2.24. The number of ether oxygens (including phenoxy) is 1. The van der Waals surface area contributed by atoms with Crippen LogP contribution >= 0.6 is 0 Å². The minimum atomic E-state index is -0.739. The number of H-pyrrole nitrogens is 1. The fourth-order valence-electron chi connectivity index (χ4n) is 2.45. The lowest BCUT2D eigenvalue weighted by molar-refractivity contribution is -0.150. The second-order valence-corrected chi connectivity index (χ2v) is 5.62. The Bertz CT molecular complexity index is 557. The lowest BCUT2D eigenvalue weighted by Crippen LogP contribution is -2.48. The normalized spacial score (nSPS) is 22.6. The number of hydrogen-bond acceptors (Lipinski definition) is 3. The molecule has 0 unspecified atom stereocenters. The molecule has 2 heterocycles. The van der Waals surface area contributed by atoms with Crippen LogP contribution in [0.2, 0.25) is 0 Å². The molecule has 1 amide bonds.